The Labute approximate surface area is 585 Å². The molecule has 3 saturated heterocycles. The summed E-state index contributed by atoms with van der Waals surface area (Å²) < 4.78 is 34.4. The molecule has 0 saturated carbocycles. The van der Waals surface area contributed by atoms with Crippen LogP contribution in [-0.4, -0.2) is 193 Å². The maximum Gasteiger partial charge on any atom is 0.220 e. The second kappa shape index (κ2) is 58.7. The molecule has 0 bridgehead atoms. The molecule has 3 heterocycles. The molecule has 0 aromatic carbocycles. The Kier molecular flexibility index (Phi) is 53.5. The summed E-state index contributed by atoms with van der Waals surface area (Å²) >= 11 is 0. The molecular formula is C78H139NO18. The van der Waals surface area contributed by atoms with Gasteiger partial charge >= 0.3 is 0 Å². The summed E-state index contributed by atoms with van der Waals surface area (Å²) in [5, 5.41) is 121. The van der Waals surface area contributed by atoms with Crippen LogP contribution in [0.2, 0.25) is 0 Å². The van der Waals surface area contributed by atoms with Gasteiger partial charge in [-0.3, -0.25) is 4.79 Å². The highest BCUT2D eigenvalue weighted by Crippen LogP contribution is 2.33. The van der Waals surface area contributed by atoms with Crippen molar-refractivity contribution in [3.63, 3.8) is 0 Å². The summed E-state index contributed by atoms with van der Waals surface area (Å²) in [4.78, 5) is 13.4. The highest BCUT2D eigenvalue weighted by molar-refractivity contribution is 5.76. The summed E-state index contributed by atoms with van der Waals surface area (Å²) in [6, 6.07) is -0.886. The minimum Gasteiger partial charge on any atom is -0.394 e. The fourth-order valence-electron chi connectivity index (χ4n) is 12.8. The monoisotopic (exact) mass is 1380 g/mol. The van der Waals surface area contributed by atoms with E-state index >= 15 is 0 Å². The molecule has 97 heavy (non-hydrogen) atoms. The summed E-state index contributed by atoms with van der Waals surface area (Å²) in [6.07, 6.45) is 48.9. The van der Waals surface area contributed by atoms with Crippen molar-refractivity contribution in [2.75, 3.05) is 26.4 Å². The predicted molar refractivity (Wildman–Crippen MR) is 383 cm³/mol. The van der Waals surface area contributed by atoms with E-state index in [0.717, 1.165) is 83.5 Å². The Morgan fingerprint density at radius 2 is 0.711 bits per heavy atom. The van der Waals surface area contributed by atoms with Crippen LogP contribution in [-0.2, 0) is 33.2 Å². The van der Waals surface area contributed by atoms with Crippen LogP contribution < -0.4 is 5.32 Å². The van der Waals surface area contributed by atoms with Gasteiger partial charge in [0.1, 0.15) is 73.2 Å². The van der Waals surface area contributed by atoms with Gasteiger partial charge in [-0.05, 0) is 64.2 Å². The molecule has 3 aliphatic heterocycles. The van der Waals surface area contributed by atoms with Crippen LogP contribution >= 0.6 is 0 Å². The smallest absolute Gasteiger partial charge is 0.220 e. The van der Waals surface area contributed by atoms with Gasteiger partial charge in [-0.1, -0.05) is 286 Å². The number of hydrogen-bond acceptors (Lipinski definition) is 18. The van der Waals surface area contributed by atoms with E-state index in [1.807, 2.05) is 0 Å². The Balaban J connectivity index is 1.26. The van der Waals surface area contributed by atoms with Crippen molar-refractivity contribution in [3.8, 4) is 0 Å². The standard InChI is InChI=1S/C78H139NO18/c1-3-5-7-9-11-13-15-16-17-18-19-20-21-22-23-24-25-26-27-28-29-30-31-32-33-34-35-36-37-38-39-40-41-42-43-44-46-48-50-52-54-56-66(84)79-61(62(83)55-53-51-49-47-45-14-12-10-8-6-4-2)60-92-76-72(90)69(87)74(64(58-81)94-76)97-78-73(91)70(88)75(65(59-82)95-78)96-77-71(89)68(86)67(85)63(57-80)93-77/h5,7,11,13,16-17,19-20,22-23,25-26,61-65,67-78,80-83,85-91H,3-4,6,8-10,12,14-15,18,21,24,27-60H2,1-2H3,(H,79,84)/b7-5-,13-11-,17-16-,20-19-,23-22-,26-25-. The van der Waals surface area contributed by atoms with Crippen LogP contribution in [0.1, 0.15) is 284 Å². The number of hydrogen-bond donors (Lipinski definition) is 12. The van der Waals surface area contributed by atoms with E-state index in [1.165, 1.54) is 167 Å². The van der Waals surface area contributed by atoms with Crippen LogP contribution in [0.25, 0.3) is 0 Å². The van der Waals surface area contributed by atoms with Gasteiger partial charge in [-0.2, -0.15) is 0 Å². The molecular weight excluding hydrogens is 1240 g/mol. The number of rotatable bonds is 60. The highest BCUT2D eigenvalue weighted by Gasteiger charge is 2.54. The number of unbranched alkanes of at least 4 members (excludes halogenated alkanes) is 32. The lowest BCUT2D eigenvalue weighted by Gasteiger charge is -2.48. The van der Waals surface area contributed by atoms with Crippen LogP contribution in [0.5, 0.6) is 0 Å². The second-order valence-corrected chi connectivity index (χ2v) is 27.4. The predicted octanol–water partition coefficient (Wildman–Crippen LogP) is 12.1. The molecule has 3 aliphatic rings. The van der Waals surface area contributed by atoms with Gasteiger partial charge in [0.15, 0.2) is 18.9 Å². The average molecular weight is 1380 g/mol. The van der Waals surface area contributed by atoms with Gasteiger partial charge < -0.3 is 89.9 Å². The largest absolute Gasteiger partial charge is 0.394 e. The number of aliphatic hydroxyl groups is 11. The van der Waals surface area contributed by atoms with E-state index < -0.39 is 124 Å². The molecule has 0 radical (unpaired) electrons. The first-order valence-corrected chi connectivity index (χ1v) is 38.7. The van der Waals surface area contributed by atoms with E-state index in [4.69, 9.17) is 28.4 Å². The Bertz CT molecular complexity index is 2040. The first-order valence-electron chi connectivity index (χ1n) is 38.7. The average Bonchev–Trinajstić information content (AvgIpc) is 0.790. The summed E-state index contributed by atoms with van der Waals surface area (Å²) in [5.41, 5.74) is 0. The number of amides is 1. The Morgan fingerprint density at radius 1 is 0.381 bits per heavy atom. The quantitative estimate of drug-likeness (QED) is 0.0199. The maximum absolute atomic E-state index is 13.4. The second-order valence-electron chi connectivity index (χ2n) is 27.4. The fourth-order valence-corrected chi connectivity index (χ4v) is 12.8. The number of carbonyl (C=O) groups is 1. The molecule has 19 nitrogen and oxygen atoms in total. The Hall–Kier alpha value is -2.77. The van der Waals surface area contributed by atoms with Crippen molar-refractivity contribution in [2.45, 2.75) is 388 Å². The first-order chi connectivity index (χ1) is 47.3. The lowest BCUT2D eigenvalue weighted by atomic mass is 9.96. The Morgan fingerprint density at radius 3 is 1.11 bits per heavy atom. The maximum atomic E-state index is 13.4. The van der Waals surface area contributed by atoms with Crippen molar-refractivity contribution >= 4 is 5.91 Å². The van der Waals surface area contributed by atoms with Gasteiger partial charge in [0.25, 0.3) is 0 Å². The molecule has 17 unspecified atom stereocenters. The number of aliphatic hydroxyl groups excluding tert-OH is 11. The van der Waals surface area contributed by atoms with Gasteiger partial charge in [0.2, 0.25) is 5.91 Å². The van der Waals surface area contributed by atoms with Crippen molar-refractivity contribution < 1.29 is 89.4 Å². The van der Waals surface area contributed by atoms with Gasteiger partial charge in [0, 0.05) is 6.42 Å². The number of allylic oxidation sites excluding steroid dienone is 12. The van der Waals surface area contributed by atoms with Crippen LogP contribution in [0.15, 0.2) is 72.9 Å². The van der Waals surface area contributed by atoms with Crippen LogP contribution in [0.4, 0.5) is 0 Å². The minimum atomic E-state index is -1.97. The van der Waals surface area contributed by atoms with E-state index in [1.54, 1.807) is 0 Å². The molecule has 0 spiro atoms. The molecule has 0 aromatic rings. The minimum absolute atomic E-state index is 0.241. The lowest BCUT2D eigenvalue weighted by Crippen LogP contribution is -2.66. The van der Waals surface area contributed by atoms with Crippen molar-refractivity contribution in [1.29, 1.82) is 0 Å². The molecule has 19 heteroatoms. The molecule has 0 aliphatic carbocycles. The van der Waals surface area contributed by atoms with Gasteiger partial charge in [0.05, 0.1) is 38.6 Å². The zero-order valence-electron chi connectivity index (χ0n) is 60.0. The normalized spacial score (nSPS) is 27.3. The van der Waals surface area contributed by atoms with Crippen molar-refractivity contribution in [3.05, 3.63) is 72.9 Å². The summed E-state index contributed by atoms with van der Waals surface area (Å²) in [6.45, 7) is 1.68. The van der Waals surface area contributed by atoms with Gasteiger partial charge in [-0.15, -0.1) is 0 Å². The zero-order chi connectivity index (χ0) is 70.4. The molecule has 3 rings (SSSR count). The fraction of sp³-hybridized carbons (Fsp3) is 0.833. The van der Waals surface area contributed by atoms with Gasteiger partial charge in [-0.25, -0.2) is 0 Å². The molecule has 564 valence electrons. The number of ether oxygens (including phenoxy) is 6. The molecule has 1 amide bonds. The molecule has 17 atom stereocenters. The molecule has 0 aromatic heterocycles. The summed E-state index contributed by atoms with van der Waals surface area (Å²) in [5.74, 6) is -0.241. The lowest BCUT2D eigenvalue weighted by molar-refractivity contribution is -0.379. The van der Waals surface area contributed by atoms with E-state index in [0.29, 0.717) is 12.8 Å². The van der Waals surface area contributed by atoms with E-state index in [-0.39, 0.29) is 18.9 Å². The molecule has 12 N–H and O–H groups in total. The third-order valence-electron chi connectivity index (χ3n) is 19.0. The third kappa shape index (κ3) is 39.5. The topological polar surface area (TPSA) is 307 Å². The van der Waals surface area contributed by atoms with E-state index in [2.05, 4.69) is 92.1 Å². The van der Waals surface area contributed by atoms with Crippen LogP contribution in [0.3, 0.4) is 0 Å². The van der Waals surface area contributed by atoms with Crippen LogP contribution in [0, 0.1) is 0 Å². The number of nitrogens with one attached hydrogen (secondary N) is 1. The van der Waals surface area contributed by atoms with Crippen molar-refractivity contribution in [1.82, 2.24) is 5.32 Å². The zero-order valence-corrected chi connectivity index (χ0v) is 60.0. The highest BCUT2D eigenvalue weighted by atomic mass is 16.8. The van der Waals surface area contributed by atoms with Crippen molar-refractivity contribution in [2.24, 2.45) is 0 Å². The molecule has 3 fully saturated rings. The first kappa shape index (κ1) is 88.4. The summed E-state index contributed by atoms with van der Waals surface area (Å²) in [7, 11) is 0. The SMILES string of the molecule is CC/C=C\C/C=C\C/C=C\C/C=C\C/C=C\C/C=C\CCCCCCCCCCCCCCCCCCCCCCCCC(=O)NC(COC1OC(CO)C(OC2OC(CO)C(OC3OC(CO)C(O)C(O)C3O)C(O)C2O)C(O)C1O)C(O)CCCCCCCCCCCCC. The van der Waals surface area contributed by atoms with E-state index in [9.17, 15) is 61.0 Å². The number of carbonyl (C=O) groups excluding carboxylic acids is 1. The third-order valence-corrected chi connectivity index (χ3v) is 19.0.